The van der Waals surface area contributed by atoms with Gasteiger partial charge in [0.25, 0.3) is 6.92 Å². The summed E-state index contributed by atoms with van der Waals surface area (Å²) in [6.45, 7) is 2.46. The average molecular weight is 251 g/mol. The van der Waals surface area contributed by atoms with Crippen LogP contribution in [0.15, 0.2) is 0 Å². The van der Waals surface area contributed by atoms with E-state index in [1.54, 1.807) is 0 Å². The van der Waals surface area contributed by atoms with E-state index >= 15 is 0 Å². The fourth-order valence-electron chi connectivity index (χ4n) is 3.88. The summed E-state index contributed by atoms with van der Waals surface area (Å²) >= 11 is 0. The molecule has 0 aliphatic heterocycles. The molecule has 0 aromatic rings. The maximum atomic E-state index is 6.30. The molecule has 0 saturated heterocycles. The first-order valence-electron chi connectivity index (χ1n) is 8.18. The number of hydrogen-bond donors (Lipinski definition) is 1. The van der Waals surface area contributed by atoms with E-state index in [2.05, 4.69) is 5.32 Å². The van der Waals surface area contributed by atoms with Crippen molar-refractivity contribution in [2.75, 3.05) is 20.2 Å². The first kappa shape index (κ1) is 14.4. The molecule has 0 atom stereocenters. The summed E-state index contributed by atoms with van der Waals surface area (Å²) in [4.78, 5) is 0. The van der Waals surface area contributed by atoms with Crippen LogP contribution in [0.5, 0.6) is 0 Å². The molecule has 2 aliphatic carbocycles. The van der Waals surface area contributed by atoms with Gasteiger partial charge < -0.3 is 9.97 Å². The molecule has 0 heterocycles. The molecule has 0 bridgehead atoms. The van der Waals surface area contributed by atoms with Crippen LogP contribution in [-0.2, 0) is 4.65 Å². The molecule has 0 unspecified atom stereocenters. The Balaban J connectivity index is 1.87. The number of likely N-dealkylation sites (N-methyl/N-ethyl adjacent to an activating group) is 1. The van der Waals surface area contributed by atoms with Crippen LogP contribution in [0.3, 0.4) is 0 Å². The molecule has 0 amide bonds. The van der Waals surface area contributed by atoms with Crippen LogP contribution in [0.2, 0.25) is 11.6 Å². The van der Waals surface area contributed by atoms with Crippen LogP contribution in [-0.4, -0.2) is 27.1 Å². The third kappa shape index (κ3) is 4.27. The van der Waals surface area contributed by atoms with Crippen LogP contribution < -0.4 is 5.32 Å². The van der Waals surface area contributed by atoms with Gasteiger partial charge in [-0.2, -0.15) is 0 Å². The minimum absolute atomic E-state index is 0.568. The van der Waals surface area contributed by atoms with Crippen LogP contribution in [0, 0.1) is 0 Å². The number of hydrogen-bond acceptors (Lipinski definition) is 2. The highest BCUT2D eigenvalue weighted by molar-refractivity contribution is 6.55. The zero-order chi connectivity index (χ0) is 12.6. The molecule has 1 N–H and O–H groups in total. The van der Waals surface area contributed by atoms with Crippen molar-refractivity contribution in [2.24, 2.45) is 0 Å². The summed E-state index contributed by atoms with van der Waals surface area (Å²) in [5, 5.41) is 3.20. The lowest BCUT2D eigenvalue weighted by Gasteiger charge is -2.34. The molecular weight excluding hydrogens is 221 g/mol. The van der Waals surface area contributed by atoms with Crippen LogP contribution in [0.4, 0.5) is 0 Å². The Morgan fingerprint density at radius 2 is 1.39 bits per heavy atom. The summed E-state index contributed by atoms with van der Waals surface area (Å²) in [7, 11) is 2.01. The van der Waals surface area contributed by atoms with E-state index in [0.717, 1.165) is 24.8 Å². The molecule has 2 rings (SSSR count). The van der Waals surface area contributed by atoms with Crippen molar-refractivity contribution >= 4 is 6.92 Å². The lowest BCUT2D eigenvalue weighted by Crippen LogP contribution is -2.35. The maximum absolute atomic E-state index is 6.30. The Morgan fingerprint density at radius 1 is 0.889 bits per heavy atom. The Bertz CT molecular complexity index is 195. The first-order chi connectivity index (χ1) is 8.92. The Morgan fingerprint density at radius 3 is 1.83 bits per heavy atom. The highest BCUT2D eigenvalue weighted by Gasteiger charge is 2.36. The lowest BCUT2D eigenvalue weighted by atomic mass is 9.42. The van der Waals surface area contributed by atoms with Gasteiger partial charge in [0.1, 0.15) is 0 Å². The highest BCUT2D eigenvalue weighted by atomic mass is 16.4. The summed E-state index contributed by atoms with van der Waals surface area (Å²) in [5.41, 5.74) is 0. The van der Waals surface area contributed by atoms with E-state index in [1.807, 2.05) is 7.05 Å². The van der Waals surface area contributed by atoms with Crippen molar-refractivity contribution in [3.05, 3.63) is 0 Å². The molecule has 2 aliphatic rings. The summed E-state index contributed by atoms with van der Waals surface area (Å²) in [6.07, 6.45) is 14.3. The van der Waals surface area contributed by atoms with E-state index in [-0.39, 0.29) is 0 Å². The molecule has 0 aromatic carbocycles. The highest BCUT2D eigenvalue weighted by Crippen LogP contribution is 2.41. The van der Waals surface area contributed by atoms with Crippen molar-refractivity contribution in [1.29, 1.82) is 0 Å². The molecule has 2 fully saturated rings. The molecule has 18 heavy (non-hydrogen) atoms. The molecule has 0 spiro atoms. The lowest BCUT2D eigenvalue weighted by molar-refractivity contribution is 0.283. The molecule has 2 saturated carbocycles. The third-order valence-electron chi connectivity index (χ3n) is 4.89. The average Bonchev–Trinajstić information content (AvgIpc) is 2.46. The standard InChI is InChI=1S/C15H30BNO/c1-17-12-13-18-16(14-8-4-2-5-9-14)15-10-6-3-7-11-15/h14-15,17H,2-13H2,1H3. The van der Waals surface area contributed by atoms with Crippen molar-refractivity contribution in [3.8, 4) is 0 Å². The van der Waals surface area contributed by atoms with Crippen molar-refractivity contribution in [2.45, 2.75) is 75.8 Å². The fraction of sp³-hybridized carbons (Fsp3) is 1.00. The maximum Gasteiger partial charge on any atom is 0.299 e. The van der Waals surface area contributed by atoms with Crippen molar-refractivity contribution in [1.82, 2.24) is 5.32 Å². The second-order valence-corrected chi connectivity index (χ2v) is 6.24. The topological polar surface area (TPSA) is 21.3 Å². The van der Waals surface area contributed by atoms with Gasteiger partial charge in [0.15, 0.2) is 0 Å². The molecular formula is C15H30BNO. The summed E-state index contributed by atoms with van der Waals surface area (Å²) in [6, 6.07) is 0. The SMILES string of the molecule is CNCCOB(C1CCCCC1)C1CCCCC1. The van der Waals surface area contributed by atoms with Gasteiger partial charge >= 0.3 is 0 Å². The zero-order valence-corrected chi connectivity index (χ0v) is 12.1. The molecule has 2 nitrogen and oxygen atoms in total. The largest absolute Gasteiger partial charge is 0.434 e. The molecule has 3 heteroatoms. The van der Waals surface area contributed by atoms with Crippen LogP contribution >= 0.6 is 0 Å². The molecule has 104 valence electrons. The van der Waals surface area contributed by atoms with E-state index in [9.17, 15) is 0 Å². The van der Waals surface area contributed by atoms with Crippen LogP contribution in [0.1, 0.15) is 64.2 Å². The van der Waals surface area contributed by atoms with Gasteiger partial charge in [-0.1, -0.05) is 64.2 Å². The minimum Gasteiger partial charge on any atom is -0.434 e. The number of rotatable bonds is 6. The van der Waals surface area contributed by atoms with Gasteiger partial charge in [-0.15, -0.1) is 0 Å². The van der Waals surface area contributed by atoms with Crippen LogP contribution in [0.25, 0.3) is 0 Å². The smallest absolute Gasteiger partial charge is 0.299 e. The van der Waals surface area contributed by atoms with Crippen molar-refractivity contribution < 1.29 is 4.65 Å². The first-order valence-corrected chi connectivity index (χ1v) is 8.18. The predicted octanol–water partition coefficient (Wildman–Crippen LogP) is 3.88. The van der Waals surface area contributed by atoms with E-state index in [4.69, 9.17) is 4.65 Å². The summed E-state index contributed by atoms with van der Waals surface area (Å²) < 4.78 is 6.30. The van der Waals surface area contributed by atoms with Gasteiger partial charge in [0, 0.05) is 13.2 Å². The predicted molar refractivity (Wildman–Crippen MR) is 79.3 cm³/mol. The second-order valence-electron chi connectivity index (χ2n) is 6.24. The molecule has 0 radical (unpaired) electrons. The minimum atomic E-state index is 0.568. The molecule has 0 aromatic heterocycles. The van der Waals surface area contributed by atoms with E-state index in [0.29, 0.717) is 6.92 Å². The Kier molecular flexibility index (Phi) is 6.57. The van der Waals surface area contributed by atoms with E-state index in [1.165, 1.54) is 64.2 Å². The zero-order valence-electron chi connectivity index (χ0n) is 12.1. The normalized spacial score (nSPS) is 23.2. The quantitative estimate of drug-likeness (QED) is 0.571. The summed E-state index contributed by atoms with van der Waals surface area (Å²) in [5.74, 6) is 1.72. The van der Waals surface area contributed by atoms with Gasteiger partial charge in [0.05, 0.1) is 0 Å². The Hall–Kier alpha value is -0.0151. The van der Waals surface area contributed by atoms with Crippen molar-refractivity contribution in [3.63, 3.8) is 0 Å². The third-order valence-corrected chi connectivity index (χ3v) is 4.89. The van der Waals surface area contributed by atoms with E-state index < -0.39 is 0 Å². The van der Waals surface area contributed by atoms with Gasteiger partial charge in [0.2, 0.25) is 0 Å². The van der Waals surface area contributed by atoms with Gasteiger partial charge in [-0.05, 0) is 18.7 Å². The van der Waals surface area contributed by atoms with Gasteiger partial charge in [-0.25, -0.2) is 0 Å². The fourth-order valence-corrected chi connectivity index (χ4v) is 3.88. The second kappa shape index (κ2) is 8.21. The monoisotopic (exact) mass is 251 g/mol. The number of nitrogens with one attached hydrogen (secondary N) is 1. The Labute approximate surface area is 113 Å². The van der Waals surface area contributed by atoms with Gasteiger partial charge in [-0.3, -0.25) is 0 Å².